The summed E-state index contributed by atoms with van der Waals surface area (Å²) in [4.78, 5) is 11.9. The molecule has 0 amide bonds. The first kappa shape index (κ1) is 22.5. The number of hydrogen-bond acceptors (Lipinski definition) is 7. The topological polar surface area (TPSA) is 124 Å². The summed E-state index contributed by atoms with van der Waals surface area (Å²) in [5, 5.41) is 4.20. The van der Waals surface area contributed by atoms with Crippen molar-refractivity contribution < 1.29 is 26.4 Å². The third-order valence-corrected chi connectivity index (χ3v) is 6.96. The van der Waals surface area contributed by atoms with Crippen molar-refractivity contribution in [2.45, 2.75) is 23.6 Å². The van der Waals surface area contributed by atoms with Crippen LogP contribution in [-0.4, -0.2) is 45.4 Å². The Labute approximate surface area is 180 Å². The van der Waals surface area contributed by atoms with Crippen molar-refractivity contribution in [3.63, 3.8) is 0 Å². The van der Waals surface area contributed by atoms with Crippen molar-refractivity contribution in [2.75, 3.05) is 17.6 Å². The summed E-state index contributed by atoms with van der Waals surface area (Å²) >= 11 is 0. The van der Waals surface area contributed by atoms with Crippen molar-refractivity contribution in [3.05, 3.63) is 66.0 Å². The van der Waals surface area contributed by atoms with Crippen LogP contribution in [0.3, 0.4) is 0 Å². The van der Waals surface area contributed by atoms with Gasteiger partial charge in [0.2, 0.25) is 0 Å². The van der Waals surface area contributed by atoms with E-state index in [9.17, 15) is 21.6 Å². The Morgan fingerprint density at radius 2 is 1.58 bits per heavy atom. The van der Waals surface area contributed by atoms with Crippen LogP contribution >= 0.6 is 0 Å². The van der Waals surface area contributed by atoms with Gasteiger partial charge in [-0.25, -0.2) is 26.3 Å². The van der Waals surface area contributed by atoms with Crippen molar-refractivity contribution in [3.8, 4) is 5.69 Å². The van der Waals surface area contributed by atoms with Crippen molar-refractivity contribution in [2.24, 2.45) is 0 Å². The molecule has 0 atom stereocenters. The number of nitrogens with one attached hydrogen (secondary N) is 1. The Hall–Kier alpha value is -3.18. The average molecular weight is 464 g/mol. The van der Waals surface area contributed by atoms with Crippen LogP contribution < -0.4 is 4.72 Å². The molecule has 11 heteroatoms. The lowest BCUT2D eigenvalue weighted by Crippen LogP contribution is -2.13. The number of sulfone groups is 1. The highest BCUT2D eigenvalue weighted by Crippen LogP contribution is 2.21. The SMILES string of the molecule is CCOC(=O)c1cnn(-c2ccc(NS(=O)(=O)c3ccc(S(C)(=O)=O)cc3)cc2)c1C. The van der Waals surface area contributed by atoms with E-state index in [1.807, 2.05) is 0 Å². The van der Waals surface area contributed by atoms with Crippen molar-refractivity contribution >= 4 is 31.5 Å². The summed E-state index contributed by atoms with van der Waals surface area (Å²) in [6, 6.07) is 11.4. The van der Waals surface area contributed by atoms with Gasteiger partial charge in [-0.2, -0.15) is 5.10 Å². The minimum Gasteiger partial charge on any atom is -0.462 e. The number of rotatable bonds is 7. The zero-order valence-electron chi connectivity index (χ0n) is 17.1. The van der Waals surface area contributed by atoms with Gasteiger partial charge in [0, 0.05) is 11.9 Å². The van der Waals surface area contributed by atoms with Gasteiger partial charge in [0.25, 0.3) is 10.0 Å². The largest absolute Gasteiger partial charge is 0.462 e. The van der Waals surface area contributed by atoms with Crippen LogP contribution in [0.1, 0.15) is 23.0 Å². The van der Waals surface area contributed by atoms with Crippen LogP contribution in [0.25, 0.3) is 5.69 Å². The van der Waals surface area contributed by atoms with E-state index in [0.29, 0.717) is 22.6 Å². The summed E-state index contributed by atoms with van der Waals surface area (Å²) in [6.45, 7) is 3.71. The molecule has 3 rings (SSSR count). The minimum absolute atomic E-state index is 0.0348. The summed E-state index contributed by atoms with van der Waals surface area (Å²) in [5.41, 5.74) is 1.89. The van der Waals surface area contributed by atoms with Gasteiger partial charge in [-0.15, -0.1) is 0 Å². The van der Waals surface area contributed by atoms with E-state index in [0.717, 1.165) is 6.26 Å². The molecular weight excluding hydrogens is 442 g/mol. The van der Waals surface area contributed by atoms with Crippen LogP contribution in [0.5, 0.6) is 0 Å². The van der Waals surface area contributed by atoms with Gasteiger partial charge in [0.15, 0.2) is 9.84 Å². The lowest BCUT2D eigenvalue weighted by molar-refractivity contribution is 0.0525. The zero-order valence-corrected chi connectivity index (χ0v) is 18.7. The Morgan fingerprint density at radius 3 is 2.13 bits per heavy atom. The van der Waals surface area contributed by atoms with Gasteiger partial charge in [-0.3, -0.25) is 4.72 Å². The fraction of sp³-hybridized carbons (Fsp3) is 0.200. The van der Waals surface area contributed by atoms with E-state index in [1.165, 1.54) is 30.5 Å². The van der Waals surface area contributed by atoms with E-state index in [4.69, 9.17) is 4.74 Å². The predicted octanol–water partition coefficient (Wildman–Crippen LogP) is 2.56. The molecule has 31 heavy (non-hydrogen) atoms. The molecule has 0 saturated carbocycles. The summed E-state index contributed by atoms with van der Waals surface area (Å²) in [5.74, 6) is -0.461. The Kier molecular flexibility index (Phi) is 6.18. The van der Waals surface area contributed by atoms with E-state index >= 15 is 0 Å². The lowest BCUT2D eigenvalue weighted by Gasteiger charge is -2.10. The number of sulfonamides is 1. The molecule has 1 aromatic heterocycles. The Bertz CT molecular complexity index is 1310. The smallest absolute Gasteiger partial charge is 0.341 e. The summed E-state index contributed by atoms with van der Waals surface area (Å²) in [6.07, 6.45) is 2.47. The number of benzene rings is 2. The molecule has 0 aliphatic carbocycles. The molecule has 0 fully saturated rings. The number of hydrogen-bond donors (Lipinski definition) is 1. The minimum atomic E-state index is -3.90. The van der Waals surface area contributed by atoms with Crippen molar-refractivity contribution in [1.29, 1.82) is 0 Å². The summed E-state index contributed by atoms with van der Waals surface area (Å²) in [7, 11) is -7.32. The predicted molar refractivity (Wildman–Crippen MR) is 115 cm³/mol. The maximum atomic E-state index is 12.6. The molecule has 2 aromatic carbocycles. The molecule has 0 spiro atoms. The third-order valence-electron chi connectivity index (χ3n) is 4.43. The van der Waals surface area contributed by atoms with E-state index < -0.39 is 25.8 Å². The van der Waals surface area contributed by atoms with Gasteiger partial charge in [-0.05, 0) is 62.4 Å². The highest BCUT2D eigenvalue weighted by molar-refractivity contribution is 7.92. The van der Waals surface area contributed by atoms with E-state index in [1.54, 1.807) is 42.8 Å². The summed E-state index contributed by atoms with van der Waals surface area (Å²) < 4.78 is 57.2. The molecule has 0 radical (unpaired) electrons. The number of carbonyl (C=O) groups excluding carboxylic acids is 1. The third kappa shape index (κ3) is 4.94. The van der Waals surface area contributed by atoms with E-state index in [-0.39, 0.29) is 16.4 Å². The zero-order chi connectivity index (χ0) is 22.8. The number of nitrogens with zero attached hydrogens (tertiary/aromatic N) is 2. The quantitative estimate of drug-likeness (QED) is 0.534. The molecule has 0 saturated heterocycles. The molecule has 0 unspecified atom stereocenters. The Balaban J connectivity index is 1.80. The number of carbonyl (C=O) groups is 1. The van der Waals surface area contributed by atoms with Gasteiger partial charge in [0.05, 0.1) is 34.0 Å². The molecule has 9 nitrogen and oxygen atoms in total. The van der Waals surface area contributed by atoms with Gasteiger partial charge in [0.1, 0.15) is 5.56 Å². The first-order valence-electron chi connectivity index (χ1n) is 9.18. The standard InChI is InChI=1S/C20H21N3O6S2/c1-4-29-20(24)19-13-21-23(14(19)2)16-7-5-15(6-8-16)22-31(27,28)18-11-9-17(10-12-18)30(3,25)26/h5-13,22H,4H2,1-3H3. The second-order valence-electron chi connectivity index (χ2n) is 6.67. The first-order chi connectivity index (χ1) is 14.5. The van der Waals surface area contributed by atoms with Gasteiger partial charge >= 0.3 is 5.97 Å². The Morgan fingerprint density at radius 1 is 1.00 bits per heavy atom. The molecule has 1 N–H and O–H groups in total. The second-order valence-corrected chi connectivity index (χ2v) is 10.4. The number of aromatic nitrogens is 2. The highest BCUT2D eigenvalue weighted by Gasteiger charge is 2.18. The monoisotopic (exact) mass is 463 g/mol. The van der Waals surface area contributed by atoms with Crippen LogP contribution in [0.4, 0.5) is 5.69 Å². The molecule has 3 aromatic rings. The van der Waals surface area contributed by atoms with Crippen LogP contribution in [-0.2, 0) is 24.6 Å². The van der Waals surface area contributed by atoms with Crippen LogP contribution in [0.2, 0.25) is 0 Å². The molecule has 0 aliphatic heterocycles. The molecule has 1 heterocycles. The van der Waals surface area contributed by atoms with Crippen LogP contribution in [0.15, 0.2) is 64.5 Å². The second kappa shape index (κ2) is 8.52. The number of ether oxygens (including phenoxy) is 1. The highest BCUT2D eigenvalue weighted by atomic mass is 32.2. The van der Waals surface area contributed by atoms with Crippen molar-refractivity contribution in [1.82, 2.24) is 9.78 Å². The van der Waals surface area contributed by atoms with E-state index in [2.05, 4.69) is 9.82 Å². The number of anilines is 1. The normalized spacial score (nSPS) is 11.8. The maximum absolute atomic E-state index is 12.6. The average Bonchev–Trinajstić information content (AvgIpc) is 3.09. The fourth-order valence-corrected chi connectivity index (χ4v) is 4.52. The first-order valence-corrected chi connectivity index (χ1v) is 12.6. The molecular formula is C20H21N3O6S2. The maximum Gasteiger partial charge on any atom is 0.341 e. The molecule has 164 valence electrons. The lowest BCUT2D eigenvalue weighted by atomic mass is 10.2. The molecule has 0 bridgehead atoms. The van der Waals surface area contributed by atoms with Gasteiger partial charge < -0.3 is 4.74 Å². The van der Waals surface area contributed by atoms with Gasteiger partial charge in [-0.1, -0.05) is 0 Å². The van der Waals surface area contributed by atoms with Crippen LogP contribution in [0, 0.1) is 6.92 Å². The number of esters is 1. The molecule has 0 aliphatic rings. The fourth-order valence-electron chi connectivity index (χ4n) is 2.83.